The van der Waals surface area contributed by atoms with Gasteiger partial charge in [0, 0.05) is 30.4 Å². The Bertz CT molecular complexity index is 1200. The number of fused-ring (bicyclic) bond motifs is 1. The molecule has 3 rings (SSSR count). The lowest BCUT2D eigenvalue weighted by atomic mass is 10.0. The molecule has 0 aliphatic heterocycles. The molecule has 1 aromatic carbocycles. The van der Waals surface area contributed by atoms with E-state index in [-0.39, 0.29) is 22.0 Å². The monoisotopic (exact) mass is 455 g/mol. The first kappa shape index (κ1) is 21.1. The van der Waals surface area contributed by atoms with Crippen molar-refractivity contribution in [3.8, 4) is 0 Å². The van der Waals surface area contributed by atoms with Gasteiger partial charge in [-0.25, -0.2) is 17.2 Å². The number of nitrogens with zero attached hydrogens (tertiary/aromatic N) is 2. The topological polar surface area (TPSA) is 118 Å². The summed E-state index contributed by atoms with van der Waals surface area (Å²) in [5.74, 6) is -2.07. The molecule has 0 fully saturated rings. The van der Waals surface area contributed by atoms with Crippen LogP contribution in [0.5, 0.6) is 0 Å². The normalized spacial score (nSPS) is 12.7. The largest absolute Gasteiger partial charge is 0.480 e. The number of pyridine rings is 1. The smallest absolute Gasteiger partial charge is 0.326 e. The van der Waals surface area contributed by atoms with Crippen molar-refractivity contribution in [3.63, 3.8) is 0 Å². The highest BCUT2D eigenvalue weighted by Crippen LogP contribution is 2.25. The van der Waals surface area contributed by atoms with E-state index in [0.717, 1.165) is 10.2 Å². The van der Waals surface area contributed by atoms with Gasteiger partial charge in [-0.1, -0.05) is 41.4 Å². The molecule has 8 nitrogen and oxygen atoms in total. The van der Waals surface area contributed by atoms with Crippen LogP contribution in [0.1, 0.15) is 15.9 Å². The van der Waals surface area contributed by atoms with E-state index in [0.29, 0.717) is 16.5 Å². The molecule has 0 unspecified atom stereocenters. The molecule has 1 amide bonds. The Kier molecular flexibility index (Phi) is 5.83. The van der Waals surface area contributed by atoms with Crippen LogP contribution in [0.3, 0.4) is 0 Å². The van der Waals surface area contributed by atoms with Gasteiger partial charge in [0.2, 0.25) is 10.0 Å². The number of aromatic nitrogens is 2. The molecule has 3 aromatic rings. The summed E-state index contributed by atoms with van der Waals surface area (Å²) >= 11 is 11.9. The van der Waals surface area contributed by atoms with Gasteiger partial charge >= 0.3 is 5.97 Å². The molecule has 0 aliphatic carbocycles. The highest BCUT2D eigenvalue weighted by molar-refractivity contribution is 7.89. The van der Waals surface area contributed by atoms with Crippen molar-refractivity contribution < 1.29 is 23.1 Å². The van der Waals surface area contributed by atoms with Crippen molar-refractivity contribution in [1.29, 1.82) is 0 Å². The lowest BCUT2D eigenvalue weighted by molar-refractivity contribution is -0.139. The Morgan fingerprint density at radius 1 is 1.21 bits per heavy atom. The summed E-state index contributed by atoms with van der Waals surface area (Å²) in [5.41, 5.74) is 0.777. The fourth-order valence-corrected chi connectivity index (χ4v) is 4.31. The third-order valence-electron chi connectivity index (χ3n) is 4.23. The second kappa shape index (κ2) is 8.02. The number of benzene rings is 1. The van der Waals surface area contributed by atoms with Gasteiger partial charge in [0.05, 0.1) is 27.4 Å². The van der Waals surface area contributed by atoms with E-state index in [4.69, 9.17) is 23.2 Å². The van der Waals surface area contributed by atoms with Crippen molar-refractivity contribution in [2.75, 3.05) is 6.26 Å². The number of aliphatic carboxylic acids is 1. The number of hydrogen-bond acceptors (Lipinski definition) is 5. The van der Waals surface area contributed by atoms with Crippen LogP contribution in [-0.2, 0) is 21.2 Å². The van der Waals surface area contributed by atoms with Gasteiger partial charge in [-0.15, -0.1) is 0 Å². The van der Waals surface area contributed by atoms with Gasteiger partial charge in [-0.2, -0.15) is 0 Å². The van der Waals surface area contributed by atoms with Crippen molar-refractivity contribution in [2.45, 2.75) is 12.5 Å². The van der Waals surface area contributed by atoms with Crippen molar-refractivity contribution in [2.24, 2.45) is 0 Å². The maximum absolute atomic E-state index is 12.5. The predicted octanol–water partition coefficient (Wildman–Crippen LogP) is 2.58. The summed E-state index contributed by atoms with van der Waals surface area (Å²) in [4.78, 5) is 28.1. The predicted molar refractivity (Wildman–Crippen MR) is 109 cm³/mol. The van der Waals surface area contributed by atoms with E-state index in [1.54, 1.807) is 24.3 Å². The van der Waals surface area contributed by atoms with Gasteiger partial charge in [0.15, 0.2) is 0 Å². The molecule has 0 spiro atoms. The zero-order chi connectivity index (χ0) is 21.3. The molecule has 0 bridgehead atoms. The van der Waals surface area contributed by atoms with Gasteiger partial charge in [-0.3, -0.25) is 9.78 Å². The number of nitrogens with one attached hydrogen (secondary N) is 1. The molecule has 11 heteroatoms. The van der Waals surface area contributed by atoms with Gasteiger partial charge in [0.1, 0.15) is 6.04 Å². The van der Waals surface area contributed by atoms with E-state index in [2.05, 4.69) is 10.3 Å². The third kappa shape index (κ3) is 4.36. The SMILES string of the molecule is CS(=O)(=O)n1cc(C[C@H](NC(=O)c2c(Cl)cncc2Cl)C(=O)O)c2ccccc21. The maximum atomic E-state index is 12.5. The second-order valence-corrected chi connectivity index (χ2v) is 8.95. The number of carbonyl (C=O) groups excluding carboxylic acids is 1. The molecule has 29 heavy (non-hydrogen) atoms. The van der Waals surface area contributed by atoms with Crippen LogP contribution < -0.4 is 5.32 Å². The minimum atomic E-state index is -3.60. The van der Waals surface area contributed by atoms with Crippen LogP contribution >= 0.6 is 23.2 Å². The minimum Gasteiger partial charge on any atom is -0.480 e. The van der Waals surface area contributed by atoms with Crippen LogP contribution in [0.25, 0.3) is 10.9 Å². The highest BCUT2D eigenvalue weighted by atomic mass is 35.5. The van der Waals surface area contributed by atoms with Crippen molar-refractivity contribution >= 4 is 56.0 Å². The molecule has 0 aliphatic rings. The fourth-order valence-electron chi connectivity index (χ4n) is 2.93. The highest BCUT2D eigenvalue weighted by Gasteiger charge is 2.26. The van der Waals surface area contributed by atoms with Crippen LogP contribution in [0.4, 0.5) is 0 Å². The quantitative estimate of drug-likeness (QED) is 0.589. The molecule has 2 N–H and O–H groups in total. The lowest BCUT2D eigenvalue weighted by Gasteiger charge is -2.15. The van der Waals surface area contributed by atoms with Crippen LogP contribution in [0.2, 0.25) is 10.0 Å². The van der Waals surface area contributed by atoms with E-state index >= 15 is 0 Å². The van der Waals surface area contributed by atoms with E-state index in [1.165, 1.54) is 18.6 Å². The number of para-hydroxylation sites is 1. The molecular formula is C18H15Cl2N3O5S. The summed E-state index contributed by atoms with van der Waals surface area (Å²) in [6.07, 6.45) is 4.70. The first-order valence-corrected chi connectivity index (χ1v) is 10.8. The molecule has 1 atom stereocenters. The van der Waals surface area contributed by atoms with Gasteiger partial charge in [0.25, 0.3) is 5.91 Å². The Labute approximate surface area is 176 Å². The zero-order valence-corrected chi connectivity index (χ0v) is 17.3. The fraction of sp³-hybridized carbons (Fsp3) is 0.167. The molecule has 0 saturated carbocycles. The zero-order valence-electron chi connectivity index (χ0n) is 15.0. The summed E-state index contributed by atoms with van der Waals surface area (Å²) in [6.45, 7) is 0. The average Bonchev–Trinajstić information content (AvgIpc) is 3.00. The number of rotatable bonds is 6. The maximum Gasteiger partial charge on any atom is 0.326 e. The van der Waals surface area contributed by atoms with E-state index < -0.39 is 27.9 Å². The first-order chi connectivity index (χ1) is 13.6. The number of halogens is 2. The first-order valence-electron chi connectivity index (χ1n) is 8.21. The van der Waals surface area contributed by atoms with Gasteiger partial charge < -0.3 is 10.4 Å². The summed E-state index contributed by atoms with van der Waals surface area (Å²) in [6, 6.07) is 5.34. The third-order valence-corrected chi connectivity index (χ3v) is 5.82. The Morgan fingerprint density at radius 2 is 1.83 bits per heavy atom. The van der Waals surface area contributed by atoms with E-state index in [9.17, 15) is 23.1 Å². The molecule has 0 saturated heterocycles. The van der Waals surface area contributed by atoms with Crippen molar-refractivity contribution in [3.05, 3.63) is 64.0 Å². The molecule has 152 valence electrons. The minimum absolute atomic E-state index is 0.0205. The number of carboxylic acid groups (broad SMARTS) is 1. The Hall–Kier alpha value is -2.62. The second-order valence-electron chi connectivity index (χ2n) is 6.28. The summed E-state index contributed by atoms with van der Waals surface area (Å²) in [5, 5.41) is 12.5. The molecular weight excluding hydrogens is 441 g/mol. The summed E-state index contributed by atoms with van der Waals surface area (Å²) < 4.78 is 25.2. The van der Waals surface area contributed by atoms with Crippen LogP contribution in [0.15, 0.2) is 42.9 Å². The van der Waals surface area contributed by atoms with Crippen LogP contribution in [-0.4, -0.2) is 46.7 Å². The molecule has 0 radical (unpaired) electrons. The van der Waals surface area contributed by atoms with Gasteiger partial charge in [-0.05, 0) is 11.6 Å². The number of hydrogen-bond donors (Lipinski definition) is 2. The number of carboxylic acids is 1. The number of amides is 1. The van der Waals surface area contributed by atoms with Crippen molar-refractivity contribution in [1.82, 2.24) is 14.3 Å². The Morgan fingerprint density at radius 3 is 2.41 bits per heavy atom. The van der Waals surface area contributed by atoms with E-state index in [1.807, 2.05) is 0 Å². The standard InChI is InChI=1S/C18H15Cl2N3O5S/c1-29(27,28)23-9-10(11-4-2-3-5-15(11)23)6-14(18(25)26)22-17(24)16-12(19)7-21-8-13(16)20/h2-5,7-9,14H,6H2,1H3,(H,22,24)(H,25,26)/t14-/m0/s1. The number of carbonyl (C=O) groups is 2. The summed E-state index contributed by atoms with van der Waals surface area (Å²) in [7, 11) is -3.60. The molecule has 2 aromatic heterocycles. The van der Waals surface area contributed by atoms with Crippen LogP contribution in [0, 0.1) is 0 Å². The average molecular weight is 456 g/mol. The lowest BCUT2D eigenvalue weighted by Crippen LogP contribution is -2.42. The molecule has 2 heterocycles. The Balaban J connectivity index is 1.97.